The van der Waals surface area contributed by atoms with E-state index in [4.69, 9.17) is 9.47 Å². The van der Waals surface area contributed by atoms with Crippen molar-refractivity contribution in [2.24, 2.45) is 0 Å². The molecule has 0 N–H and O–H groups in total. The molecule has 3 aliphatic rings. The highest BCUT2D eigenvalue weighted by Gasteiger charge is 2.31. The molecule has 1 atom stereocenters. The second kappa shape index (κ2) is 7.22. The predicted molar refractivity (Wildman–Crippen MR) is 106 cm³/mol. The molecule has 1 fully saturated rings. The van der Waals surface area contributed by atoms with Gasteiger partial charge < -0.3 is 14.4 Å². The summed E-state index contributed by atoms with van der Waals surface area (Å²) in [6, 6.07) is 8.11. The third-order valence-corrected chi connectivity index (χ3v) is 6.82. The van der Waals surface area contributed by atoms with Gasteiger partial charge in [-0.1, -0.05) is 12.1 Å². The molecule has 0 aliphatic carbocycles. The molecule has 28 heavy (non-hydrogen) atoms. The molecule has 1 aromatic carbocycles. The van der Waals surface area contributed by atoms with Crippen LogP contribution in [0.1, 0.15) is 34.1 Å². The molecule has 0 radical (unpaired) electrons. The molecule has 2 amide bonds. The van der Waals surface area contributed by atoms with E-state index >= 15 is 0 Å². The molecular weight excluding hydrogens is 376 g/mol. The Labute approximate surface area is 167 Å². The van der Waals surface area contributed by atoms with Crippen molar-refractivity contribution in [2.75, 3.05) is 31.2 Å². The van der Waals surface area contributed by atoms with Crippen LogP contribution in [0.4, 0.5) is 10.5 Å². The van der Waals surface area contributed by atoms with Gasteiger partial charge in [0.2, 0.25) is 5.91 Å². The Balaban J connectivity index is 1.31. The van der Waals surface area contributed by atoms with E-state index < -0.39 is 0 Å². The molecule has 2 aromatic rings. The number of hydrogen-bond donors (Lipinski definition) is 0. The van der Waals surface area contributed by atoms with E-state index in [9.17, 15) is 9.59 Å². The molecule has 0 saturated carbocycles. The van der Waals surface area contributed by atoms with Crippen LogP contribution in [-0.2, 0) is 33.7 Å². The van der Waals surface area contributed by atoms with Gasteiger partial charge in [-0.3, -0.25) is 9.69 Å². The highest BCUT2D eigenvalue weighted by molar-refractivity contribution is 7.10. The SMILES string of the molecule is O=C(C[C@@H]1OCCc2ccsc21)N1CCc2c(cccc2N2CCOC2=O)C1. The number of benzene rings is 1. The Morgan fingerprint density at radius 3 is 2.93 bits per heavy atom. The van der Waals surface area contributed by atoms with Gasteiger partial charge in [-0.25, -0.2) is 4.79 Å². The number of fused-ring (bicyclic) bond motifs is 2. The largest absolute Gasteiger partial charge is 0.447 e. The van der Waals surface area contributed by atoms with Crippen molar-refractivity contribution in [2.45, 2.75) is 31.9 Å². The van der Waals surface area contributed by atoms with Crippen molar-refractivity contribution in [3.8, 4) is 0 Å². The predicted octanol–water partition coefficient (Wildman–Crippen LogP) is 3.29. The van der Waals surface area contributed by atoms with Crippen molar-refractivity contribution in [3.05, 3.63) is 51.2 Å². The zero-order valence-electron chi connectivity index (χ0n) is 15.6. The maximum Gasteiger partial charge on any atom is 0.414 e. The van der Waals surface area contributed by atoms with Crippen LogP contribution in [0.5, 0.6) is 0 Å². The first-order valence-electron chi connectivity index (χ1n) is 9.71. The van der Waals surface area contributed by atoms with Gasteiger partial charge in [0.15, 0.2) is 0 Å². The van der Waals surface area contributed by atoms with Gasteiger partial charge in [-0.2, -0.15) is 0 Å². The van der Waals surface area contributed by atoms with E-state index in [0.717, 1.165) is 29.7 Å². The lowest BCUT2D eigenvalue weighted by molar-refractivity contribution is -0.135. The fourth-order valence-corrected chi connectivity index (χ4v) is 5.33. The molecule has 146 valence electrons. The quantitative estimate of drug-likeness (QED) is 0.796. The molecule has 3 aliphatic heterocycles. The van der Waals surface area contributed by atoms with Crippen molar-refractivity contribution in [1.82, 2.24) is 4.90 Å². The van der Waals surface area contributed by atoms with Gasteiger partial charge in [0, 0.05) is 18.0 Å². The molecule has 4 heterocycles. The summed E-state index contributed by atoms with van der Waals surface area (Å²) in [5, 5.41) is 2.08. The molecule has 5 rings (SSSR count). The van der Waals surface area contributed by atoms with Gasteiger partial charge >= 0.3 is 6.09 Å². The van der Waals surface area contributed by atoms with E-state index in [2.05, 4.69) is 11.4 Å². The monoisotopic (exact) mass is 398 g/mol. The van der Waals surface area contributed by atoms with Crippen LogP contribution in [0.3, 0.4) is 0 Å². The average Bonchev–Trinajstić information content (AvgIpc) is 3.36. The molecule has 0 bridgehead atoms. The summed E-state index contributed by atoms with van der Waals surface area (Å²) in [4.78, 5) is 29.7. The number of rotatable bonds is 3. The van der Waals surface area contributed by atoms with Crippen LogP contribution < -0.4 is 4.90 Å². The van der Waals surface area contributed by atoms with Crippen LogP contribution in [-0.4, -0.2) is 43.2 Å². The van der Waals surface area contributed by atoms with Gasteiger partial charge in [-0.15, -0.1) is 11.3 Å². The number of ether oxygens (including phenoxy) is 2. The normalized spacial score (nSPS) is 21.3. The number of nitrogens with zero attached hydrogens (tertiary/aromatic N) is 2. The lowest BCUT2D eigenvalue weighted by Gasteiger charge is -2.32. The van der Waals surface area contributed by atoms with Crippen molar-refractivity contribution < 1.29 is 19.1 Å². The van der Waals surface area contributed by atoms with Gasteiger partial charge in [0.25, 0.3) is 0 Å². The fourth-order valence-electron chi connectivity index (χ4n) is 4.33. The Morgan fingerprint density at radius 1 is 1.14 bits per heavy atom. The van der Waals surface area contributed by atoms with Gasteiger partial charge in [0.1, 0.15) is 12.7 Å². The Hall–Kier alpha value is -2.38. The minimum absolute atomic E-state index is 0.122. The van der Waals surface area contributed by atoms with Crippen LogP contribution in [0, 0.1) is 0 Å². The number of cyclic esters (lactones) is 1. The van der Waals surface area contributed by atoms with E-state index in [1.54, 1.807) is 16.2 Å². The number of carbonyl (C=O) groups is 2. The summed E-state index contributed by atoms with van der Waals surface area (Å²) >= 11 is 1.68. The van der Waals surface area contributed by atoms with Crippen LogP contribution >= 0.6 is 11.3 Å². The summed E-state index contributed by atoms with van der Waals surface area (Å²) in [6.45, 7) is 2.93. The second-order valence-electron chi connectivity index (χ2n) is 7.37. The van der Waals surface area contributed by atoms with Crippen molar-refractivity contribution in [3.63, 3.8) is 0 Å². The first-order valence-corrected chi connectivity index (χ1v) is 10.6. The standard InChI is InChI=1S/C21H22N2O4S/c24-19(12-18-20-14(5-9-26-18)6-11-28-20)22-7-4-16-15(13-22)2-1-3-17(16)23-8-10-27-21(23)25/h1-3,6,11,18H,4-5,7-10,12-13H2/t18-/m0/s1. The molecule has 0 spiro atoms. The molecule has 0 unspecified atom stereocenters. The maximum atomic E-state index is 13.0. The third kappa shape index (κ3) is 3.08. The number of amides is 2. The highest BCUT2D eigenvalue weighted by Crippen LogP contribution is 2.35. The van der Waals surface area contributed by atoms with E-state index in [0.29, 0.717) is 39.3 Å². The molecule has 6 nitrogen and oxygen atoms in total. The summed E-state index contributed by atoms with van der Waals surface area (Å²) in [5.74, 6) is 0.128. The van der Waals surface area contributed by atoms with Crippen LogP contribution in [0.15, 0.2) is 29.6 Å². The Bertz CT molecular complexity index is 925. The van der Waals surface area contributed by atoms with Crippen molar-refractivity contribution >= 4 is 29.0 Å². The van der Waals surface area contributed by atoms with E-state index in [1.807, 2.05) is 23.1 Å². The number of carbonyl (C=O) groups excluding carboxylic acids is 2. The number of anilines is 1. The van der Waals surface area contributed by atoms with Crippen LogP contribution in [0.2, 0.25) is 0 Å². The van der Waals surface area contributed by atoms with E-state index in [-0.39, 0.29) is 18.1 Å². The molecule has 1 saturated heterocycles. The molecule has 1 aromatic heterocycles. The fraction of sp³-hybridized carbons (Fsp3) is 0.429. The first kappa shape index (κ1) is 17.7. The summed E-state index contributed by atoms with van der Waals surface area (Å²) in [5.41, 5.74) is 4.50. The molecule has 7 heteroatoms. The molecular formula is C21H22N2O4S. The van der Waals surface area contributed by atoms with Gasteiger partial charge in [0.05, 0.1) is 25.3 Å². The number of hydrogen-bond acceptors (Lipinski definition) is 5. The Morgan fingerprint density at radius 2 is 2.07 bits per heavy atom. The minimum atomic E-state index is -0.284. The second-order valence-corrected chi connectivity index (χ2v) is 8.32. The average molecular weight is 398 g/mol. The topological polar surface area (TPSA) is 59.1 Å². The summed E-state index contributed by atoms with van der Waals surface area (Å²) in [7, 11) is 0. The zero-order valence-corrected chi connectivity index (χ0v) is 16.4. The minimum Gasteiger partial charge on any atom is -0.447 e. The van der Waals surface area contributed by atoms with Gasteiger partial charge in [-0.05, 0) is 47.0 Å². The summed E-state index contributed by atoms with van der Waals surface area (Å²) in [6.07, 6.45) is 1.66. The van der Waals surface area contributed by atoms with Crippen molar-refractivity contribution in [1.29, 1.82) is 0 Å². The lowest BCUT2D eigenvalue weighted by atomic mass is 9.96. The number of thiophene rings is 1. The highest BCUT2D eigenvalue weighted by atomic mass is 32.1. The Kier molecular flexibility index (Phi) is 4.56. The lowest BCUT2D eigenvalue weighted by Crippen LogP contribution is -2.38. The van der Waals surface area contributed by atoms with Crippen LogP contribution in [0.25, 0.3) is 0 Å². The summed E-state index contributed by atoms with van der Waals surface area (Å²) < 4.78 is 11.0. The zero-order chi connectivity index (χ0) is 19.1. The maximum absolute atomic E-state index is 13.0. The first-order chi connectivity index (χ1) is 13.7. The third-order valence-electron chi connectivity index (χ3n) is 5.77. The smallest absolute Gasteiger partial charge is 0.414 e. The van der Waals surface area contributed by atoms with E-state index in [1.165, 1.54) is 10.4 Å².